The quantitative estimate of drug-likeness (QED) is 0.891. The summed E-state index contributed by atoms with van der Waals surface area (Å²) in [6.45, 7) is 2.85. The van der Waals surface area contributed by atoms with Gasteiger partial charge in [-0.25, -0.2) is 4.39 Å². The van der Waals surface area contributed by atoms with Crippen molar-refractivity contribution in [2.45, 2.75) is 25.3 Å². The lowest BCUT2D eigenvalue weighted by molar-refractivity contribution is 0.0690. The Bertz CT molecular complexity index is 746. The fourth-order valence-corrected chi connectivity index (χ4v) is 3.28. The fourth-order valence-electron chi connectivity index (χ4n) is 3.28. The molecule has 0 bridgehead atoms. The molecule has 24 heavy (non-hydrogen) atoms. The summed E-state index contributed by atoms with van der Waals surface area (Å²) in [7, 11) is 0. The number of carbonyl (C=O) groups excluding carboxylic acids is 1. The summed E-state index contributed by atoms with van der Waals surface area (Å²) in [6, 6.07) is 11.1. The molecule has 126 valence electrons. The molecule has 1 saturated heterocycles. The Morgan fingerprint density at radius 3 is 2.62 bits per heavy atom. The molecule has 5 heteroatoms. The Kier molecular flexibility index (Phi) is 4.53. The van der Waals surface area contributed by atoms with Crippen LogP contribution in [0.1, 0.15) is 33.8 Å². The number of benzene rings is 2. The number of aryl methyl sites for hydroxylation is 1. The van der Waals surface area contributed by atoms with Crippen molar-refractivity contribution in [3.05, 3.63) is 65.0 Å². The maximum Gasteiger partial charge on any atom is 0.257 e. The van der Waals surface area contributed by atoms with E-state index in [1.165, 1.54) is 18.2 Å². The third kappa shape index (κ3) is 3.26. The van der Waals surface area contributed by atoms with E-state index in [0.29, 0.717) is 25.1 Å². The van der Waals surface area contributed by atoms with Gasteiger partial charge in [0.15, 0.2) is 0 Å². The highest BCUT2D eigenvalue weighted by atomic mass is 19.1. The van der Waals surface area contributed by atoms with Crippen molar-refractivity contribution in [2.75, 3.05) is 13.1 Å². The molecule has 0 spiro atoms. The maximum absolute atomic E-state index is 13.1. The summed E-state index contributed by atoms with van der Waals surface area (Å²) < 4.78 is 13.1. The van der Waals surface area contributed by atoms with Gasteiger partial charge in [0, 0.05) is 25.0 Å². The number of piperidine rings is 1. The first-order valence-corrected chi connectivity index (χ1v) is 8.05. The van der Waals surface area contributed by atoms with E-state index < -0.39 is 0 Å². The zero-order valence-electron chi connectivity index (χ0n) is 13.6. The smallest absolute Gasteiger partial charge is 0.257 e. The van der Waals surface area contributed by atoms with Crippen molar-refractivity contribution in [1.82, 2.24) is 4.90 Å². The molecule has 1 heterocycles. The number of likely N-dealkylation sites (tertiary alicyclic amines) is 1. The molecule has 1 fully saturated rings. The van der Waals surface area contributed by atoms with Gasteiger partial charge in [-0.1, -0.05) is 23.8 Å². The van der Waals surface area contributed by atoms with Crippen LogP contribution in [0.5, 0.6) is 5.75 Å². The second-order valence-electron chi connectivity index (χ2n) is 6.38. The summed E-state index contributed by atoms with van der Waals surface area (Å²) in [6.07, 6.45) is 0.713. The average Bonchev–Trinajstić information content (AvgIpc) is 2.57. The molecule has 2 aromatic carbocycles. The Morgan fingerprint density at radius 2 is 1.96 bits per heavy atom. The number of hydrogen-bond donors (Lipinski definition) is 2. The van der Waals surface area contributed by atoms with Gasteiger partial charge in [0.2, 0.25) is 0 Å². The average molecular weight is 328 g/mol. The highest BCUT2D eigenvalue weighted by Crippen LogP contribution is 2.29. The number of phenols is 1. The zero-order valence-corrected chi connectivity index (χ0v) is 13.6. The number of aromatic hydroxyl groups is 1. The number of nitrogens with two attached hydrogens (primary N) is 1. The molecular weight excluding hydrogens is 307 g/mol. The van der Waals surface area contributed by atoms with Crippen LogP contribution < -0.4 is 5.73 Å². The minimum Gasteiger partial charge on any atom is -0.507 e. The molecule has 0 unspecified atom stereocenters. The summed E-state index contributed by atoms with van der Waals surface area (Å²) in [5.41, 5.74) is 8.49. The Balaban J connectivity index is 1.74. The number of amides is 1. The number of rotatable bonds is 2. The Labute approximate surface area is 140 Å². The number of hydrogen-bond acceptors (Lipinski definition) is 3. The lowest BCUT2D eigenvalue weighted by Crippen LogP contribution is -2.49. The van der Waals surface area contributed by atoms with Crippen molar-refractivity contribution >= 4 is 5.91 Å². The van der Waals surface area contributed by atoms with Gasteiger partial charge >= 0.3 is 0 Å². The highest BCUT2D eigenvalue weighted by Gasteiger charge is 2.31. The molecule has 4 nitrogen and oxygen atoms in total. The monoisotopic (exact) mass is 328 g/mol. The van der Waals surface area contributed by atoms with Crippen molar-refractivity contribution < 1.29 is 14.3 Å². The third-order valence-electron chi connectivity index (χ3n) is 4.63. The van der Waals surface area contributed by atoms with Crippen LogP contribution in [0.15, 0.2) is 42.5 Å². The van der Waals surface area contributed by atoms with Crippen molar-refractivity contribution in [2.24, 2.45) is 5.73 Å². The molecule has 2 atom stereocenters. The van der Waals surface area contributed by atoms with Gasteiger partial charge in [0.05, 0.1) is 5.56 Å². The van der Waals surface area contributed by atoms with Crippen molar-refractivity contribution in [3.8, 4) is 5.75 Å². The van der Waals surface area contributed by atoms with Crippen LogP contribution in [0, 0.1) is 12.7 Å². The predicted octanol–water partition coefficient (Wildman–Crippen LogP) is 2.80. The second kappa shape index (κ2) is 6.61. The number of phenolic OH excluding ortho intramolecular Hbond substituents is 1. The zero-order chi connectivity index (χ0) is 17.3. The SMILES string of the molecule is Cc1ccc(O)c(C(=O)N2CC[C@@H](c3ccc(F)cc3)[C@@H](N)C2)c1. The van der Waals surface area contributed by atoms with Crippen molar-refractivity contribution in [3.63, 3.8) is 0 Å². The molecule has 3 N–H and O–H groups in total. The van der Waals surface area contributed by atoms with E-state index in [9.17, 15) is 14.3 Å². The second-order valence-corrected chi connectivity index (χ2v) is 6.38. The van der Waals surface area contributed by atoms with Gasteiger partial charge in [-0.2, -0.15) is 0 Å². The normalized spacial score (nSPS) is 20.9. The Morgan fingerprint density at radius 1 is 1.25 bits per heavy atom. The van der Waals surface area contributed by atoms with E-state index >= 15 is 0 Å². The van der Waals surface area contributed by atoms with Crippen LogP contribution in [-0.2, 0) is 0 Å². The maximum atomic E-state index is 13.1. The van der Waals surface area contributed by atoms with Crippen LogP contribution in [-0.4, -0.2) is 35.0 Å². The summed E-state index contributed by atoms with van der Waals surface area (Å²) in [5, 5.41) is 9.94. The third-order valence-corrected chi connectivity index (χ3v) is 4.63. The van der Waals surface area contributed by atoms with Crippen molar-refractivity contribution in [1.29, 1.82) is 0 Å². The molecule has 3 rings (SSSR count). The van der Waals surface area contributed by atoms with E-state index in [4.69, 9.17) is 5.73 Å². The van der Waals surface area contributed by atoms with E-state index in [2.05, 4.69) is 0 Å². The lowest BCUT2D eigenvalue weighted by atomic mass is 9.85. The van der Waals surface area contributed by atoms with Crippen LogP contribution in [0.25, 0.3) is 0 Å². The fraction of sp³-hybridized carbons (Fsp3) is 0.316. The summed E-state index contributed by atoms with van der Waals surface area (Å²) >= 11 is 0. The molecule has 1 amide bonds. The van der Waals surface area contributed by atoms with Crippen LogP contribution in [0.3, 0.4) is 0 Å². The lowest BCUT2D eigenvalue weighted by Gasteiger charge is -2.37. The summed E-state index contributed by atoms with van der Waals surface area (Å²) in [5.74, 6) is -0.389. The Hall–Kier alpha value is -2.40. The van der Waals surface area contributed by atoms with Gasteiger partial charge in [0.25, 0.3) is 5.91 Å². The standard InChI is InChI=1S/C19H21FN2O2/c1-12-2-7-18(23)16(10-12)19(24)22-9-8-15(17(21)11-22)13-3-5-14(20)6-4-13/h2-7,10,15,17,23H,8-9,11,21H2,1H3/t15-,17-/m0/s1. The highest BCUT2D eigenvalue weighted by molar-refractivity contribution is 5.97. The first-order valence-electron chi connectivity index (χ1n) is 8.05. The molecule has 0 aliphatic carbocycles. The van der Waals surface area contributed by atoms with Crippen LogP contribution >= 0.6 is 0 Å². The van der Waals surface area contributed by atoms with Gasteiger partial charge in [-0.05, 0) is 43.2 Å². The molecule has 2 aromatic rings. The van der Waals surface area contributed by atoms with E-state index in [-0.39, 0.29) is 29.4 Å². The topological polar surface area (TPSA) is 66.6 Å². The van der Waals surface area contributed by atoms with Crippen LogP contribution in [0.2, 0.25) is 0 Å². The largest absolute Gasteiger partial charge is 0.507 e. The molecule has 1 aliphatic rings. The van der Waals surface area contributed by atoms with E-state index in [1.54, 1.807) is 29.2 Å². The first kappa shape index (κ1) is 16.5. The van der Waals surface area contributed by atoms with E-state index in [1.807, 2.05) is 6.92 Å². The molecule has 1 aliphatic heterocycles. The summed E-state index contributed by atoms with van der Waals surface area (Å²) in [4.78, 5) is 14.3. The molecule has 0 radical (unpaired) electrons. The first-order chi connectivity index (χ1) is 11.5. The molecule has 0 saturated carbocycles. The number of carbonyl (C=O) groups is 1. The van der Waals surface area contributed by atoms with Gasteiger partial charge < -0.3 is 15.7 Å². The number of halogens is 1. The van der Waals surface area contributed by atoms with E-state index in [0.717, 1.165) is 11.1 Å². The van der Waals surface area contributed by atoms with Crippen LogP contribution in [0.4, 0.5) is 4.39 Å². The van der Waals surface area contributed by atoms with Gasteiger partial charge in [-0.15, -0.1) is 0 Å². The number of nitrogens with zero attached hydrogens (tertiary/aromatic N) is 1. The predicted molar refractivity (Wildman–Crippen MR) is 90.5 cm³/mol. The van der Waals surface area contributed by atoms with Gasteiger partial charge in [0.1, 0.15) is 11.6 Å². The molecular formula is C19H21FN2O2. The van der Waals surface area contributed by atoms with Gasteiger partial charge in [-0.3, -0.25) is 4.79 Å². The molecule has 0 aromatic heterocycles. The minimum atomic E-state index is -0.269. The minimum absolute atomic E-state index is 0.0140.